The Morgan fingerprint density at radius 3 is 2.67 bits per heavy atom. The summed E-state index contributed by atoms with van der Waals surface area (Å²) in [5.74, 6) is 1.35. The molecule has 2 aromatic rings. The molecule has 2 aliphatic rings. The Morgan fingerprint density at radius 2 is 1.83 bits per heavy atom. The fraction of sp³-hybridized carbons (Fsp3) is 0.381. The van der Waals surface area contributed by atoms with Crippen molar-refractivity contribution in [2.24, 2.45) is 5.92 Å². The topological polar surface area (TPSA) is 36.3 Å². The highest BCUT2D eigenvalue weighted by Gasteiger charge is 2.41. The Bertz CT molecular complexity index is 737. The van der Waals surface area contributed by atoms with Gasteiger partial charge in [0, 0.05) is 19.1 Å². The summed E-state index contributed by atoms with van der Waals surface area (Å²) in [6.07, 6.45) is 3.89. The van der Waals surface area contributed by atoms with Crippen LogP contribution < -0.4 is 4.74 Å². The number of benzene rings is 2. The zero-order valence-corrected chi connectivity index (χ0v) is 13.8. The van der Waals surface area contributed by atoms with Gasteiger partial charge in [0.25, 0.3) is 0 Å². The Morgan fingerprint density at radius 1 is 1.04 bits per heavy atom. The lowest BCUT2D eigenvalue weighted by Crippen LogP contribution is -2.47. The maximum atomic E-state index is 9.29. The summed E-state index contributed by atoms with van der Waals surface area (Å²) in [5.41, 5.74) is 1.99. The third kappa shape index (κ3) is 3.02. The molecule has 0 unspecified atom stereocenters. The average Bonchev–Trinajstić information content (AvgIpc) is 3.06. The van der Waals surface area contributed by atoms with E-state index in [1.54, 1.807) is 0 Å². The van der Waals surface area contributed by atoms with E-state index < -0.39 is 0 Å². The minimum Gasteiger partial charge on any atom is -0.487 e. The lowest BCUT2D eigenvalue weighted by molar-refractivity contribution is 0.0338. The number of hydrogen-bond donors (Lipinski definition) is 0. The van der Waals surface area contributed by atoms with Gasteiger partial charge in [-0.15, -0.1) is 0 Å². The summed E-state index contributed by atoms with van der Waals surface area (Å²) < 4.78 is 6.31. The highest BCUT2D eigenvalue weighted by Crippen LogP contribution is 2.39. The van der Waals surface area contributed by atoms with Crippen molar-refractivity contribution in [1.29, 1.82) is 5.26 Å². The van der Waals surface area contributed by atoms with Crippen molar-refractivity contribution < 1.29 is 4.74 Å². The Hall–Kier alpha value is -2.31. The molecular formula is C21H22N2O. The van der Waals surface area contributed by atoms with E-state index in [1.165, 1.54) is 24.8 Å². The molecule has 1 saturated heterocycles. The van der Waals surface area contributed by atoms with E-state index in [0.29, 0.717) is 17.5 Å². The van der Waals surface area contributed by atoms with Gasteiger partial charge in [-0.25, -0.2) is 0 Å². The van der Waals surface area contributed by atoms with E-state index in [0.717, 1.165) is 18.8 Å². The highest BCUT2D eigenvalue weighted by atomic mass is 16.5. The molecule has 3 heteroatoms. The lowest BCUT2D eigenvalue weighted by Gasteiger charge is -2.38. The van der Waals surface area contributed by atoms with Gasteiger partial charge >= 0.3 is 0 Å². The van der Waals surface area contributed by atoms with Crippen molar-refractivity contribution in [3.8, 4) is 11.8 Å². The second-order valence-corrected chi connectivity index (χ2v) is 6.91. The third-order valence-corrected chi connectivity index (χ3v) is 5.42. The smallest absolute Gasteiger partial charge is 0.137 e. The van der Waals surface area contributed by atoms with Gasteiger partial charge in [0.1, 0.15) is 17.9 Å². The van der Waals surface area contributed by atoms with Gasteiger partial charge in [0.15, 0.2) is 0 Å². The highest BCUT2D eigenvalue weighted by molar-refractivity contribution is 5.42. The number of likely N-dealkylation sites (tertiary alicyclic amines) is 1. The van der Waals surface area contributed by atoms with E-state index in [2.05, 4.69) is 41.3 Å². The normalized spacial score (nSPS) is 26.0. The van der Waals surface area contributed by atoms with Crippen molar-refractivity contribution >= 4 is 0 Å². The van der Waals surface area contributed by atoms with Crippen LogP contribution >= 0.6 is 0 Å². The molecular weight excluding hydrogens is 296 g/mol. The zero-order chi connectivity index (χ0) is 16.4. The van der Waals surface area contributed by atoms with Crippen LogP contribution in [0.2, 0.25) is 0 Å². The second-order valence-electron chi connectivity index (χ2n) is 6.91. The monoisotopic (exact) mass is 318 g/mol. The van der Waals surface area contributed by atoms with Crippen LogP contribution in [0.5, 0.6) is 5.75 Å². The molecule has 4 rings (SSSR count). The van der Waals surface area contributed by atoms with Crippen molar-refractivity contribution in [3.05, 3.63) is 65.7 Å². The minimum absolute atomic E-state index is 0.182. The van der Waals surface area contributed by atoms with Gasteiger partial charge in [-0.05, 0) is 42.9 Å². The van der Waals surface area contributed by atoms with Crippen LogP contribution in [-0.2, 0) is 6.54 Å². The summed E-state index contributed by atoms with van der Waals surface area (Å²) in [6.45, 7) is 1.93. The molecule has 122 valence electrons. The predicted octanol–water partition coefficient (Wildman–Crippen LogP) is 3.99. The van der Waals surface area contributed by atoms with Crippen molar-refractivity contribution in [3.63, 3.8) is 0 Å². The molecule has 0 spiro atoms. The van der Waals surface area contributed by atoms with E-state index in [4.69, 9.17) is 4.74 Å². The molecule has 2 bridgehead atoms. The number of piperidine rings is 1. The van der Waals surface area contributed by atoms with Gasteiger partial charge in [-0.2, -0.15) is 5.26 Å². The number of para-hydroxylation sites is 1. The van der Waals surface area contributed by atoms with Gasteiger partial charge in [-0.3, -0.25) is 4.90 Å². The molecule has 0 aromatic heterocycles. The molecule has 0 radical (unpaired) electrons. The third-order valence-electron chi connectivity index (χ3n) is 5.42. The van der Waals surface area contributed by atoms with Gasteiger partial charge in [0.2, 0.25) is 0 Å². The Kier molecular flexibility index (Phi) is 4.23. The van der Waals surface area contributed by atoms with Crippen LogP contribution in [0.4, 0.5) is 0 Å². The number of hydrogen-bond acceptors (Lipinski definition) is 3. The molecule has 0 N–H and O–H groups in total. The number of rotatable bonds is 4. The van der Waals surface area contributed by atoms with E-state index >= 15 is 0 Å². The Balaban J connectivity index is 1.51. The van der Waals surface area contributed by atoms with Crippen molar-refractivity contribution in [2.75, 3.05) is 6.54 Å². The lowest BCUT2D eigenvalue weighted by atomic mass is 9.95. The van der Waals surface area contributed by atoms with E-state index in [-0.39, 0.29) is 6.10 Å². The molecule has 2 aromatic carbocycles. The summed E-state index contributed by atoms with van der Waals surface area (Å²) in [6, 6.07) is 21.2. The van der Waals surface area contributed by atoms with Gasteiger partial charge < -0.3 is 4.74 Å². The van der Waals surface area contributed by atoms with Crippen LogP contribution in [0.3, 0.4) is 0 Å². The average molecular weight is 318 g/mol. The van der Waals surface area contributed by atoms with Crippen molar-refractivity contribution in [1.82, 2.24) is 4.90 Å². The number of ether oxygens (including phenoxy) is 1. The molecule has 3 nitrogen and oxygen atoms in total. The van der Waals surface area contributed by atoms with Crippen LogP contribution in [0.25, 0.3) is 0 Å². The maximum Gasteiger partial charge on any atom is 0.137 e. The quantitative estimate of drug-likeness (QED) is 0.855. The first kappa shape index (κ1) is 15.2. The predicted molar refractivity (Wildman–Crippen MR) is 93.6 cm³/mol. The fourth-order valence-electron chi connectivity index (χ4n) is 4.16. The number of fused-ring (bicyclic) bond motifs is 2. The summed E-state index contributed by atoms with van der Waals surface area (Å²) in [5, 5.41) is 9.29. The SMILES string of the molecule is N#Cc1ccccc1O[C@H]1CN(Cc2ccccc2)[C@@H]2CC[C@H]1C2. The molecule has 1 aliphatic heterocycles. The van der Waals surface area contributed by atoms with Crippen LogP contribution in [0.15, 0.2) is 54.6 Å². The zero-order valence-electron chi connectivity index (χ0n) is 13.8. The Labute approximate surface area is 143 Å². The number of nitriles is 1. The summed E-state index contributed by atoms with van der Waals surface area (Å²) in [4.78, 5) is 2.57. The molecule has 24 heavy (non-hydrogen) atoms. The molecule has 3 atom stereocenters. The summed E-state index contributed by atoms with van der Waals surface area (Å²) >= 11 is 0. The standard InChI is InChI=1S/C21H22N2O/c22-13-18-8-4-5-9-20(18)24-21-15-23(19-11-10-17(21)12-19)14-16-6-2-1-3-7-16/h1-9,17,19,21H,10-12,14-15H2/t17-,19+,21-/m0/s1. The van der Waals surface area contributed by atoms with Gasteiger partial charge in [0.05, 0.1) is 5.56 Å². The minimum atomic E-state index is 0.182. The molecule has 1 heterocycles. The van der Waals surface area contributed by atoms with Crippen LogP contribution in [0.1, 0.15) is 30.4 Å². The van der Waals surface area contributed by atoms with Crippen LogP contribution in [-0.4, -0.2) is 23.6 Å². The molecule has 2 fully saturated rings. The number of nitrogens with zero attached hydrogens (tertiary/aromatic N) is 2. The van der Waals surface area contributed by atoms with E-state index in [9.17, 15) is 5.26 Å². The molecule has 1 saturated carbocycles. The second kappa shape index (κ2) is 6.67. The molecule has 1 aliphatic carbocycles. The molecule has 0 amide bonds. The first-order valence-electron chi connectivity index (χ1n) is 8.77. The van der Waals surface area contributed by atoms with Crippen LogP contribution in [0, 0.1) is 17.2 Å². The largest absolute Gasteiger partial charge is 0.487 e. The van der Waals surface area contributed by atoms with Gasteiger partial charge in [-0.1, -0.05) is 42.5 Å². The summed E-state index contributed by atoms with van der Waals surface area (Å²) in [7, 11) is 0. The maximum absolute atomic E-state index is 9.29. The first-order chi connectivity index (χ1) is 11.8. The first-order valence-corrected chi connectivity index (χ1v) is 8.77. The van der Waals surface area contributed by atoms with E-state index in [1.807, 2.05) is 24.3 Å². The fourth-order valence-corrected chi connectivity index (χ4v) is 4.16. The van der Waals surface area contributed by atoms with Crippen molar-refractivity contribution in [2.45, 2.75) is 38.0 Å².